The van der Waals surface area contributed by atoms with E-state index in [4.69, 9.17) is 5.73 Å². The molecular formula is C9H21N3O. The fourth-order valence-corrected chi connectivity index (χ4v) is 1.11. The molecule has 0 radical (unpaired) electrons. The summed E-state index contributed by atoms with van der Waals surface area (Å²) in [4.78, 5) is 15.1. The molecule has 0 atom stereocenters. The zero-order chi connectivity index (χ0) is 10.3. The maximum absolute atomic E-state index is 11.7. The quantitative estimate of drug-likeness (QED) is 0.689. The molecule has 4 heteroatoms. The Kier molecular flexibility index (Phi) is 6.32. The Balaban J connectivity index is 4.09. The minimum absolute atomic E-state index is 0.0785. The Morgan fingerprint density at radius 1 is 1.31 bits per heavy atom. The first kappa shape index (κ1) is 12.2. The number of carbonyl (C=O) groups excluding carboxylic acids is 1. The van der Waals surface area contributed by atoms with Crippen LogP contribution in [-0.4, -0.2) is 49.1 Å². The van der Waals surface area contributed by atoms with Gasteiger partial charge in [0.05, 0.1) is 0 Å². The summed E-state index contributed by atoms with van der Waals surface area (Å²) in [6.07, 6.45) is 0.975. The summed E-state index contributed by atoms with van der Waals surface area (Å²) in [7, 11) is 1.81. The number of amides is 2. The monoisotopic (exact) mass is 187 g/mol. The predicted octanol–water partition coefficient (Wildman–Crippen LogP) is 0.729. The van der Waals surface area contributed by atoms with Gasteiger partial charge >= 0.3 is 6.03 Å². The largest absolute Gasteiger partial charge is 0.329 e. The van der Waals surface area contributed by atoms with Crippen molar-refractivity contribution in [2.75, 3.05) is 33.2 Å². The summed E-state index contributed by atoms with van der Waals surface area (Å²) in [6.45, 7) is 6.73. The first-order valence-electron chi connectivity index (χ1n) is 4.87. The van der Waals surface area contributed by atoms with Gasteiger partial charge in [-0.2, -0.15) is 0 Å². The van der Waals surface area contributed by atoms with Crippen LogP contribution in [0.1, 0.15) is 20.3 Å². The van der Waals surface area contributed by atoms with Gasteiger partial charge < -0.3 is 15.5 Å². The summed E-state index contributed by atoms with van der Waals surface area (Å²) >= 11 is 0. The smallest absolute Gasteiger partial charge is 0.319 e. The number of hydrogen-bond donors (Lipinski definition) is 1. The Morgan fingerprint density at radius 3 is 2.31 bits per heavy atom. The van der Waals surface area contributed by atoms with E-state index in [-0.39, 0.29) is 6.03 Å². The lowest BCUT2D eigenvalue weighted by Gasteiger charge is -2.26. The number of rotatable bonds is 5. The van der Waals surface area contributed by atoms with Crippen molar-refractivity contribution in [2.45, 2.75) is 20.3 Å². The third kappa shape index (κ3) is 4.12. The van der Waals surface area contributed by atoms with Crippen LogP contribution in [0.3, 0.4) is 0 Å². The van der Waals surface area contributed by atoms with Gasteiger partial charge in [-0.15, -0.1) is 0 Å². The van der Waals surface area contributed by atoms with Crippen LogP contribution in [0.15, 0.2) is 0 Å². The molecule has 0 aromatic rings. The molecule has 4 nitrogen and oxygen atoms in total. The standard InChI is InChI=1S/C9H21N3O/c1-4-7-12(8-6-10)9(13)11(3)5-2/h4-8,10H2,1-3H3. The number of carbonyl (C=O) groups is 1. The minimum atomic E-state index is 0.0785. The van der Waals surface area contributed by atoms with E-state index < -0.39 is 0 Å². The summed E-state index contributed by atoms with van der Waals surface area (Å²) in [5, 5.41) is 0. The van der Waals surface area contributed by atoms with E-state index in [1.54, 1.807) is 9.80 Å². The molecule has 0 aliphatic carbocycles. The molecule has 2 amide bonds. The van der Waals surface area contributed by atoms with Gasteiger partial charge in [-0.3, -0.25) is 0 Å². The summed E-state index contributed by atoms with van der Waals surface area (Å²) in [5.41, 5.74) is 5.43. The molecule has 0 aromatic heterocycles. The van der Waals surface area contributed by atoms with Gasteiger partial charge in [0.15, 0.2) is 0 Å². The van der Waals surface area contributed by atoms with Gasteiger partial charge in [0, 0.05) is 33.2 Å². The van der Waals surface area contributed by atoms with Crippen molar-refractivity contribution in [2.24, 2.45) is 5.73 Å². The topological polar surface area (TPSA) is 49.6 Å². The second-order valence-corrected chi connectivity index (χ2v) is 3.07. The average molecular weight is 187 g/mol. The van der Waals surface area contributed by atoms with E-state index in [2.05, 4.69) is 6.92 Å². The van der Waals surface area contributed by atoms with Gasteiger partial charge in [0.25, 0.3) is 0 Å². The fourth-order valence-electron chi connectivity index (χ4n) is 1.11. The number of hydrogen-bond acceptors (Lipinski definition) is 2. The predicted molar refractivity (Wildman–Crippen MR) is 54.6 cm³/mol. The first-order valence-corrected chi connectivity index (χ1v) is 4.87. The second-order valence-electron chi connectivity index (χ2n) is 3.07. The van der Waals surface area contributed by atoms with E-state index in [0.29, 0.717) is 13.1 Å². The molecular weight excluding hydrogens is 166 g/mol. The zero-order valence-corrected chi connectivity index (χ0v) is 8.92. The molecule has 0 spiro atoms. The molecule has 0 saturated carbocycles. The number of nitrogens with zero attached hydrogens (tertiary/aromatic N) is 2. The Morgan fingerprint density at radius 2 is 1.92 bits per heavy atom. The Labute approximate surface area is 80.7 Å². The molecule has 0 saturated heterocycles. The van der Waals surface area contributed by atoms with E-state index in [0.717, 1.165) is 19.5 Å². The molecule has 13 heavy (non-hydrogen) atoms. The van der Waals surface area contributed by atoms with Crippen molar-refractivity contribution < 1.29 is 4.79 Å². The van der Waals surface area contributed by atoms with Crippen LogP contribution in [0.2, 0.25) is 0 Å². The summed E-state index contributed by atoms with van der Waals surface area (Å²) in [5.74, 6) is 0. The summed E-state index contributed by atoms with van der Waals surface area (Å²) in [6, 6.07) is 0.0785. The second kappa shape index (κ2) is 6.71. The zero-order valence-electron chi connectivity index (χ0n) is 8.92. The molecule has 0 bridgehead atoms. The molecule has 0 fully saturated rings. The highest BCUT2D eigenvalue weighted by Gasteiger charge is 2.14. The van der Waals surface area contributed by atoms with Crippen LogP contribution in [-0.2, 0) is 0 Å². The Bertz CT molecular complexity index is 144. The van der Waals surface area contributed by atoms with E-state index in [9.17, 15) is 4.79 Å². The molecule has 0 aromatic carbocycles. The molecule has 0 heterocycles. The van der Waals surface area contributed by atoms with Crippen LogP contribution in [0.25, 0.3) is 0 Å². The maximum Gasteiger partial charge on any atom is 0.319 e. The van der Waals surface area contributed by atoms with Crippen LogP contribution in [0, 0.1) is 0 Å². The van der Waals surface area contributed by atoms with Gasteiger partial charge in [-0.25, -0.2) is 4.79 Å². The van der Waals surface area contributed by atoms with Gasteiger partial charge in [0.2, 0.25) is 0 Å². The first-order chi connectivity index (χ1) is 6.17. The van der Waals surface area contributed by atoms with Crippen LogP contribution < -0.4 is 5.73 Å². The van der Waals surface area contributed by atoms with E-state index in [1.807, 2.05) is 14.0 Å². The lowest BCUT2D eigenvalue weighted by molar-refractivity contribution is 0.166. The van der Waals surface area contributed by atoms with Gasteiger partial charge in [-0.1, -0.05) is 6.92 Å². The number of nitrogens with two attached hydrogens (primary N) is 1. The molecule has 78 valence electrons. The van der Waals surface area contributed by atoms with Crippen LogP contribution in [0.4, 0.5) is 4.79 Å². The molecule has 0 unspecified atom stereocenters. The molecule has 0 aliphatic heterocycles. The molecule has 2 N–H and O–H groups in total. The fraction of sp³-hybridized carbons (Fsp3) is 0.889. The summed E-state index contributed by atoms with van der Waals surface area (Å²) < 4.78 is 0. The third-order valence-corrected chi connectivity index (χ3v) is 1.96. The lowest BCUT2D eigenvalue weighted by Crippen LogP contribution is -2.43. The minimum Gasteiger partial charge on any atom is -0.329 e. The van der Waals surface area contributed by atoms with E-state index in [1.165, 1.54) is 0 Å². The number of urea groups is 1. The van der Waals surface area contributed by atoms with Crippen molar-refractivity contribution in [1.29, 1.82) is 0 Å². The van der Waals surface area contributed by atoms with E-state index >= 15 is 0 Å². The highest BCUT2D eigenvalue weighted by Crippen LogP contribution is 1.97. The highest BCUT2D eigenvalue weighted by molar-refractivity contribution is 5.74. The normalized spacial score (nSPS) is 9.85. The Hall–Kier alpha value is -0.770. The molecule has 0 rings (SSSR count). The van der Waals surface area contributed by atoms with Crippen LogP contribution in [0.5, 0.6) is 0 Å². The van der Waals surface area contributed by atoms with Gasteiger partial charge in [0.1, 0.15) is 0 Å². The molecule has 0 aliphatic rings. The van der Waals surface area contributed by atoms with Crippen LogP contribution >= 0.6 is 0 Å². The van der Waals surface area contributed by atoms with Crippen molar-refractivity contribution >= 4 is 6.03 Å². The highest BCUT2D eigenvalue weighted by atomic mass is 16.2. The van der Waals surface area contributed by atoms with Crippen molar-refractivity contribution in [3.8, 4) is 0 Å². The van der Waals surface area contributed by atoms with Gasteiger partial charge in [-0.05, 0) is 13.3 Å². The average Bonchev–Trinajstić information content (AvgIpc) is 2.15. The van der Waals surface area contributed by atoms with Crippen molar-refractivity contribution in [1.82, 2.24) is 9.80 Å². The lowest BCUT2D eigenvalue weighted by atomic mass is 10.4. The third-order valence-electron chi connectivity index (χ3n) is 1.96. The SMILES string of the molecule is CCCN(CCN)C(=O)N(C)CC. The maximum atomic E-state index is 11.7. The van der Waals surface area contributed by atoms with Crippen molar-refractivity contribution in [3.63, 3.8) is 0 Å². The van der Waals surface area contributed by atoms with Crippen molar-refractivity contribution in [3.05, 3.63) is 0 Å².